The van der Waals surface area contributed by atoms with Gasteiger partial charge in [0.2, 0.25) is 5.91 Å². The summed E-state index contributed by atoms with van der Waals surface area (Å²) in [5, 5.41) is 11.4. The molecule has 0 saturated heterocycles. The van der Waals surface area contributed by atoms with Crippen molar-refractivity contribution in [1.82, 2.24) is 0 Å². The highest BCUT2D eigenvalue weighted by Gasteiger charge is 2.05. The summed E-state index contributed by atoms with van der Waals surface area (Å²) in [7, 11) is 0. The summed E-state index contributed by atoms with van der Waals surface area (Å²) in [6, 6.07) is 14.7. The molecular formula is C16H13N3O3. The summed E-state index contributed by atoms with van der Waals surface area (Å²) in [4.78, 5) is 22.7. The van der Waals surface area contributed by atoms with Crippen molar-refractivity contribution < 1.29 is 14.3 Å². The van der Waals surface area contributed by atoms with E-state index in [1.165, 1.54) is 12.1 Å². The first-order valence-electron chi connectivity index (χ1n) is 6.41. The molecule has 0 unspecified atom stereocenters. The van der Waals surface area contributed by atoms with Gasteiger partial charge in [0.1, 0.15) is 5.75 Å². The van der Waals surface area contributed by atoms with E-state index in [1.807, 2.05) is 6.07 Å². The quantitative estimate of drug-likeness (QED) is 0.875. The number of carbonyl (C=O) groups excluding carboxylic acids is 2. The summed E-state index contributed by atoms with van der Waals surface area (Å²) in [5.74, 6) is -0.439. The van der Waals surface area contributed by atoms with Crippen molar-refractivity contribution in [3.8, 4) is 11.8 Å². The third-order valence-electron chi connectivity index (χ3n) is 2.79. The number of hydrogen-bond donors (Lipinski definition) is 2. The molecule has 110 valence electrons. The maximum atomic E-state index is 11.8. The van der Waals surface area contributed by atoms with Gasteiger partial charge in [-0.25, -0.2) is 0 Å². The van der Waals surface area contributed by atoms with Crippen molar-refractivity contribution >= 4 is 17.5 Å². The number of nitrogens with two attached hydrogens (primary N) is 1. The molecule has 0 heterocycles. The lowest BCUT2D eigenvalue weighted by Crippen LogP contribution is -2.20. The SMILES string of the molecule is N#Cc1cccc(OCC(=O)Nc2ccc(C(N)=O)cc2)c1. The van der Waals surface area contributed by atoms with E-state index in [-0.39, 0.29) is 12.5 Å². The van der Waals surface area contributed by atoms with E-state index in [4.69, 9.17) is 15.7 Å². The fourth-order valence-electron chi connectivity index (χ4n) is 1.72. The summed E-state index contributed by atoms with van der Waals surface area (Å²) in [6.07, 6.45) is 0. The molecule has 2 aromatic carbocycles. The number of amides is 2. The highest BCUT2D eigenvalue weighted by Crippen LogP contribution is 2.13. The predicted molar refractivity (Wildman–Crippen MR) is 80.2 cm³/mol. The molecule has 0 fully saturated rings. The molecule has 0 aliphatic rings. The fraction of sp³-hybridized carbons (Fsp3) is 0.0625. The Kier molecular flexibility index (Phi) is 4.73. The second kappa shape index (κ2) is 6.90. The molecule has 0 radical (unpaired) electrons. The normalized spacial score (nSPS) is 9.59. The monoisotopic (exact) mass is 295 g/mol. The van der Waals surface area contributed by atoms with Crippen molar-refractivity contribution in [1.29, 1.82) is 5.26 Å². The van der Waals surface area contributed by atoms with Crippen LogP contribution >= 0.6 is 0 Å². The molecule has 2 aromatic rings. The third kappa shape index (κ3) is 4.08. The highest BCUT2D eigenvalue weighted by molar-refractivity contribution is 5.95. The maximum Gasteiger partial charge on any atom is 0.262 e. The average Bonchev–Trinajstić information content (AvgIpc) is 2.53. The molecule has 2 amide bonds. The summed E-state index contributed by atoms with van der Waals surface area (Å²) in [5.41, 5.74) is 6.49. The topological polar surface area (TPSA) is 105 Å². The van der Waals surface area contributed by atoms with Crippen molar-refractivity contribution in [2.24, 2.45) is 5.73 Å². The van der Waals surface area contributed by atoms with Crippen molar-refractivity contribution in [2.45, 2.75) is 0 Å². The van der Waals surface area contributed by atoms with E-state index < -0.39 is 5.91 Å². The van der Waals surface area contributed by atoms with Crippen LogP contribution in [0, 0.1) is 11.3 Å². The Balaban J connectivity index is 1.90. The van der Waals surface area contributed by atoms with Gasteiger partial charge in [-0.1, -0.05) is 6.07 Å². The van der Waals surface area contributed by atoms with Crippen LogP contribution in [-0.2, 0) is 4.79 Å². The molecule has 0 bridgehead atoms. The van der Waals surface area contributed by atoms with E-state index in [2.05, 4.69) is 5.32 Å². The Morgan fingerprint density at radius 3 is 2.55 bits per heavy atom. The molecule has 0 aliphatic carbocycles. The molecular weight excluding hydrogens is 282 g/mol. The van der Waals surface area contributed by atoms with Crippen molar-refractivity contribution in [3.05, 3.63) is 59.7 Å². The summed E-state index contributed by atoms with van der Waals surface area (Å²) >= 11 is 0. The molecule has 6 heteroatoms. The zero-order valence-corrected chi connectivity index (χ0v) is 11.6. The predicted octanol–water partition coefficient (Wildman–Crippen LogP) is 1.67. The Labute approximate surface area is 127 Å². The molecule has 3 N–H and O–H groups in total. The molecule has 6 nitrogen and oxygen atoms in total. The van der Waals surface area contributed by atoms with E-state index in [1.54, 1.807) is 36.4 Å². The fourth-order valence-corrected chi connectivity index (χ4v) is 1.72. The lowest BCUT2D eigenvalue weighted by Gasteiger charge is -2.08. The molecule has 22 heavy (non-hydrogen) atoms. The Hall–Kier alpha value is -3.33. The highest BCUT2D eigenvalue weighted by atomic mass is 16.5. The van der Waals surface area contributed by atoms with Crippen LogP contribution in [0.25, 0.3) is 0 Å². The Morgan fingerprint density at radius 1 is 1.18 bits per heavy atom. The van der Waals surface area contributed by atoms with Gasteiger partial charge < -0.3 is 15.8 Å². The summed E-state index contributed by atoms with van der Waals surface area (Å²) < 4.78 is 5.31. The largest absolute Gasteiger partial charge is 0.484 e. The van der Waals surface area contributed by atoms with E-state index in [0.717, 1.165) is 0 Å². The lowest BCUT2D eigenvalue weighted by molar-refractivity contribution is -0.118. The van der Waals surface area contributed by atoms with Gasteiger partial charge in [0, 0.05) is 11.3 Å². The van der Waals surface area contributed by atoms with Gasteiger partial charge in [-0.15, -0.1) is 0 Å². The number of nitrogens with zero attached hydrogens (tertiary/aromatic N) is 1. The number of primary amides is 1. The van der Waals surface area contributed by atoms with Crippen LogP contribution in [0.3, 0.4) is 0 Å². The van der Waals surface area contributed by atoms with E-state index >= 15 is 0 Å². The second-order valence-corrected chi connectivity index (χ2v) is 4.42. The number of anilines is 1. The molecule has 0 saturated carbocycles. The minimum Gasteiger partial charge on any atom is -0.484 e. The first kappa shape index (κ1) is 15.1. The van der Waals surface area contributed by atoms with Crippen LogP contribution in [0.2, 0.25) is 0 Å². The zero-order valence-electron chi connectivity index (χ0n) is 11.6. The Morgan fingerprint density at radius 2 is 1.91 bits per heavy atom. The van der Waals surface area contributed by atoms with Crippen LogP contribution in [0.15, 0.2) is 48.5 Å². The first-order valence-corrected chi connectivity index (χ1v) is 6.41. The second-order valence-electron chi connectivity index (χ2n) is 4.42. The van der Waals surface area contributed by atoms with Crippen LogP contribution in [0.1, 0.15) is 15.9 Å². The van der Waals surface area contributed by atoms with Gasteiger partial charge in [-0.2, -0.15) is 5.26 Å². The molecule has 0 aromatic heterocycles. The number of benzene rings is 2. The number of nitrogens with one attached hydrogen (secondary N) is 1. The van der Waals surface area contributed by atoms with Gasteiger partial charge in [0.25, 0.3) is 5.91 Å². The molecule has 0 atom stereocenters. The Bertz CT molecular complexity index is 733. The average molecular weight is 295 g/mol. The molecule has 0 spiro atoms. The smallest absolute Gasteiger partial charge is 0.262 e. The molecule has 2 rings (SSSR count). The van der Waals surface area contributed by atoms with Gasteiger partial charge in [0.15, 0.2) is 6.61 Å². The number of nitriles is 1. The third-order valence-corrected chi connectivity index (χ3v) is 2.79. The van der Waals surface area contributed by atoms with Gasteiger partial charge >= 0.3 is 0 Å². The lowest BCUT2D eigenvalue weighted by atomic mass is 10.2. The van der Waals surface area contributed by atoms with Crippen molar-refractivity contribution in [2.75, 3.05) is 11.9 Å². The zero-order chi connectivity index (χ0) is 15.9. The minimum atomic E-state index is -0.529. The van der Waals surface area contributed by atoms with E-state index in [9.17, 15) is 9.59 Å². The van der Waals surface area contributed by atoms with Crippen LogP contribution in [-0.4, -0.2) is 18.4 Å². The molecule has 0 aliphatic heterocycles. The number of rotatable bonds is 5. The van der Waals surface area contributed by atoms with Gasteiger partial charge in [-0.3, -0.25) is 9.59 Å². The van der Waals surface area contributed by atoms with E-state index in [0.29, 0.717) is 22.6 Å². The standard InChI is InChI=1S/C16H13N3O3/c17-9-11-2-1-3-14(8-11)22-10-15(20)19-13-6-4-12(5-7-13)16(18)21/h1-8H,10H2,(H2,18,21)(H,19,20). The van der Waals surface area contributed by atoms with Gasteiger partial charge in [-0.05, 0) is 42.5 Å². The maximum absolute atomic E-state index is 11.8. The van der Waals surface area contributed by atoms with Gasteiger partial charge in [0.05, 0.1) is 11.6 Å². The number of hydrogen-bond acceptors (Lipinski definition) is 4. The summed E-state index contributed by atoms with van der Waals surface area (Å²) in [6.45, 7) is -0.188. The number of carbonyl (C=O) groups is 2. The minimum absolute atomic E-state index is 0.188. The van der Waals surface area contributed by atoms with Crippen LogP contribution < -0.4 is 15.8 Å². The first-order chi connectivity index (χ1) is 10.6. The van der Waals surface area contributed by atoms with Crippen molar-refractivity contribution in [3.63, 3.8) is 0 Å². The number of ether oxygens (including phenoxy) is 1. The van der Waals surface area contributed by atoms with Crippen LogP contribution in [0.5, 0.6) is 5.75 Å². The van der Waals surface area contributed by atoms with Crippen LogP contribution in [0.4, 0.5) is 5.69 Å².